The van der Waals surface area contributed by atoms with E-state index in [-0.39, 0.29) is 5.75 Å². The number of aromatic hydroxyl groups is 1. The van der Waals surface area contributed by atoms with Gasteiger partial charge < -0.3 is 9.84 Å². The number of nitrogens with zero attached hydrogens (tertiary/aromatic N) is 2. The number of phenols is 1. The summed E-state index contributed by atoms with van der Waals surface area (Å²) in [6.07, 6.45) is 3.32. The molecular formula is C17H13BrClN3O2. The van der Waals surface area contributed by atoms with Crippen LogP contribution in [0.15, 0.2) is 52.2 Å². The van der Waals surface area contributed by atoms with Crippen molar-refractivity contribution in [2.75, 3.05) is 12.5 Å². The zero-order valence-electron chi connectivity index (χ0n) is 12.6. The second-order valence-corrected chi connectivity index (χ2v) is 6.23. The number of rotatable bonds is 4. The molecule has 0 aliphatic carbocycles. The number of hydrogen-bond donors (Lipinski definition) is 2. The SMILES string of the molecule is COc1cc(C=NNc2ccnc3cc(Cl)ccc23)cc(Br)c1O. The lowest BCUT2D eigenvalue weighted by atomic mass is 10.2. The molecule has 0 saturated heterocycles. The number of fused-ring (bicyclic) bond motifs is 1. The van der Waals surface area contributed by atoms with Gasteiger partial charge in [-0.05, 0) is 57.9 Å². The molecule has 0 atom stereocenters. The molecule has 3 rings (SSSR count). The Balaban J connectivity index is 1.86. The molecule has 0 saturated carbocycles. The highest BCUT2D eigenvalue weighted by molar-refractivity contribution is 9.10. The van der Waals surface area contributed by atoms with Crippen molar-refractivity contribution in [3.8, 4) is 11.5 Å². The van der Waals surface area contributed by atoms with Gasteiger partial charge in [0.05, 0.1) is 29.0 Å². The Morgan fingerprint density at radius 2 is 2.12 bits per heavy atom. The summed E-state index contributed by atoms with van der Waals surface area (Å²) in [5.41, 5.74) is 5.37. The van der Waals surface area contributed by atoms with Crippen molar-refractivity contribution in [2.24, 2.45) is 5.10 Å². The number of hydrazone groups is 1. The fourth-order valence-electron chi connectivity index (χ4n) is 2.22. The lowest BCUT2D eigenvalue weighted by Gasteiger charge is -2.07. The molecule has 2 aromatic carbocycles. The maximum Gasteiger partial charge on any atom is 0.172 e. The van der Waals surface area contributed by atoms with Gasteiger partial charge in [0.1, 0.15) is 0 Å². The van der Waals surface area contributed by atoms with Crippen LogP contribution in [0.4, 0.5) is 5.69 Å². The normalized spacial score (nSPS) is 11.1. The molecule has 0 aliphatic heterocycles. The number of nitrogens with one attached hydrogen (secondary N) is 1. The molecule has 0 radical (unpaired) electrons. The number of phenolic OH excluding ortho intramolecular Hbond substituents is 1. The van der Waals surface area contributed by atoms with Gasteiger partial charge in [0.15, 0.2) is 11.5 Å². The molecular weight excluding hydrogens is 394 g/mol. The van der Waals surface area contributed by atoms with Gasteiger partial charge in [-0.3, -0.25) is 10.4 Å². The number of halogens is 2. The topological polar surface area (TPSA) is 66.7 Å². The monoisotopic (exact) mass is 405 g/mol. The van der Waals surface area contributed by atoms with E-state index < -0.39 is 0 Å². The number of ether oxygens (including phenoxy) is 1. The highest BCUT2D eigenvalue weighted by Crippen LogP contribution is 2.34. The molecule has 0 bridgehead atoms. The van der Waals surface area contributed by atoms with Crippen LogP contribution >= 0.6 is 27.5 Å². The Morgan fingerprint density at radius 3 is 2.92 bits per heavy atom. The summed E-state index contributed by atoms with van der Waals surface area (Å²) in [5, 5.41) is 15.6. The summed E-state index contributed by atoms with van der Waals surface area (Å²) in [6, 6.07) is 10.8. The van der Waals surface area contributed by atoms with Crippen molar-refractivity contribution in [3.05, 3.63) is 57.7 Å². The second kappa shape index (κ2) is 7.07. The van der Waals surface area contributed by atoms with Crippen LogP contribution < -0.4 is 10.2 Å². The number of aromatic nitrogens is 1. The van der Waals surface area contributed by atoms with Gasteiger partial charge >= 0.3 is 0 Å². The van der Waals surface area contributed by atoms with Gasteiger partial charge in [0.25, 0.3) is 0 Å². The summed E-state index contributed by atoms with van der Waals surface area (Å²) >= 11 is 9.27. The molecule has 24 heavy (non-hydrogen) atoms. The summed E-state index contributed by atoms with van der Waals surface area (Å²) in [5.74, 6) is 0.425. The molecule has 5 nitrogen and oxygen atoms in total. The lowest BCUT2D eigenvalue weighted by molar-refractivity contribution is 0.372. The quantitative estimate of drug-likeness (QED) is 0.482. The Morgan fingerprint density at radius 1 is 1.29 bits per heavy atom. The first-order valence-electron chi connectivity index (χ1n) is 6.98. The van der Waals surface area contributed by atoms with E-state index in [9.17, 15) is 5.11 Å². The Labute approximate surface area is 152 Å². The predicted molar refractivity (Wildman–Crippen MR) is 100 cm³/mol. The summed E-state index contributed by atoms with van der Waals surface area (Å²) in [6.45, 7) is 0. The zero-order chi connectivity index (χ0) is 17.1. The van der Waals surface area contributed by atoms with E-state index in [2.05, 4.69) is 31.4 Å². The van der Waals surface area contributed by atoms with E-state index in [0.717, 1.165) is 22.2 Å². The van der Waals surface area contributed by atoms with Crippen molar-refractivity contribution in [3.63, 3.8) is 0 Å². The Bertz CT molecular complexity index is 931. The third-order valence-electron chi connectivity index (χ3n) is 3.37. The fourth-order valence-corrected chi connectivity index (χ4v) is 2.85. The number of anilines is 1. The van der Waals surface area contributed by atoms with Gasteiger partial charge in [0, 0.05) is 16.6 Å². The molecule has 1 aromatic heterocycles. The minimum absolute atomic E-state index is 0.0552. The summed E-state index contributed by atoms with van der Waals surface area (Å²) in [7, 11) is 1.49. The third-order valence-corrected chi connectivity index (χ3v) is 4.21. The smallest absolute Gasteiger partial charge is 0.172 e. The van der Waals surface area contributed by atoms with Gasteiger partial charge in [-0.2, -0.15) is 5.10 Å². The van der Waals surface area contributed by atoms with Crippen LogP contribution in [-0.4, -0.2) is 23.4 Å². The van der Waals surface area contributed by atoms with Gasteiger partial charge in [0.2, 0.25) is 0 Å². The third kappa shape index (κ3) is 3.44. The van der Waals surface area contributed by atoms with Crippen LogP contribution in [-0.2, 0) is 0 Å². The number of benzene rings is 2. The Kier molecular flexibility index (Phi) is 4.87. The van der Waals surface area contributed by atoms with E-state index in [1.54, 1.807) is 30.6 Å². The van der Waals surface area contributed by atoms with Crippen molar-refractivity contribution in [1.82, 2.24) is 4.98 Å². The molecule has 122 valence electrons. The second-order valence-electron chi connectivity index (χ2n) is 4.94. The maximum atomic E-state index is 9.82. The van der Waals surface area contributed by atoms with E-state index in [1.165, 1.54) is 7.11 Å². The van der Waals surface area contributed by atoms with Gasteiger partial charge in [-0.25, -0.2) is 0 Å². The van der Waals surface area contributed by atoms with Crippen LogP contribution in [0.25, 0.3) is 10.9 Å². The van der Waals surface area contributed by atoms with Crippen molar-refractivity contribution in [2.45, 2.75) is 0 Å². The van der Waals surface area contributed by atoms with E-state index in [1.807, 2.05) is 18.2 Å². The zero-order valence-corrected chi connectivity index (χ0v) is 15.0. The highest BCUT2D eigenvalue weighted by atomic mass is 79.9. The minimum Gasteiger partial charge on any atom is -0.503 e. The van der Waals surface area contributed by atoms with Crippen LogP contribution in [0, 0.1) is 0 Å². The van der Waals surface area contributed by atoms with E-state index >= 15 is 0 Å². The molecule has 1 heterocycles. The standard InChI is InChI=1S/C17H13BrClN3O2/c1-24-16-7-10(6-13(18)17(16)23)9-21-22-14-4-5-20-15-8-11(19)2-3-12(14)15/h2-9,23H,1H3,(H,20,22). The molecule has 0 unspecified atom stereocenters. The number of pyridine rings is 1. The lowest BCUT2D eigenvalue weighted by Crippen LogP contribution is -1.94. The first-order chi connectivity index (χ1) is 11.6. The van der Waals surface area contributed by atoms with Gasteiger partial charge in [-0.1, -0.05) is 11.6 Å². The Hall–Kier alpha value is -2.31. The van der Waals surface area contributed by atoms with Gasteiger partial charge in [-0.15, -0.1) is 0 Å². The summed E-state index contributed by atoms with van der Waals surface area (Å²) < 4.78 is 5.65. The first kappa shape index (κ1) is 16.5. The molecule has 0 amide bonds. The largest absolute Gasteiger partial charge is 0.503 e. The average Bonchev–Trinajstić information content (AvgIpc) is 2.57. The van der Waals surface area contributed by atoms with Crippen molar-refractivity contribution in [1.29, 1.82) is 0 Å². The number of methoxy groups -OCH3 is 1. The van der Waals surface area contributed by atoms with Crippen LogP contribution in [0.1, 0.15) is 5.56 Å². The predicted octanol–water partition coefficient (Wildman–Crippen LogP) is 4.81. The molecule has 3 aromatic rings. The molecule has 0 aliphatic rings. The van der Waals surface area contributed by atoms with E-state index in [0.29, 0.717) is 15.2 Å². The van der Waals surface area contributed by atoms with Crippen molar-refractivity contribution < 1.29 is 9.84 Å². The molecule has 0 spiro atoms. The first-order valence-corrected chi connectivity index (χ1v) is 8.15. The molecule has 2 N–H and O–H groups in total. The average molecular weight is 407 g/mol. The molecule has 0 fully saturated rings. The molecule has 7 heteroatoms. The highest BCUT2D eigenvalue weighted by Gasteiger charge is 2.07. The van der Waals surface area contributed by atoms with Crippen molar-refractivity contribution >= 4 is 50.3 Å². The van der Waals surface area contributed by atoms with Crippen LogP contribution in [0.3, 0.4) is 0 Å². The van der Waals surface area contributed by atoms with Crippen LogP contribution in [0.5, 0.6) is 11.5 Å². The number of hydrogen-bond acceptors (Lipinski definition) is 5. The maximum absolute atomic E-state index is 9.82. The fraction of sp³-hybridized carbons (Fsp3) is 0.0588. The van der Waals surface area contributed by atoms with Crippen LogP contribution in [0.2, 0.25) is 5.02 Å². The minimum atomic E-state index is 0.0552. The van der Waals surface area contributed by atoms with E-state index in [4.69, 9.17) is 16.3 Å². The summed E-state index contributed by atoms with van der Waals surface area (Å²) in [4.78, 5) is 4.29.